The molecule has 1 aliphatic rings. The van der Waals surface area contributed by atoms with Crippen LogP contribution in [-0.4, -0.2) is 29.4 Å². The van der Waals surface area contributed by atoms with Crippen LogP contribution in [0.1, 0.15) is 53.4 Å². The molecule has 0 spiro atoms. The summed E-state index contributed by atoms with van der Waals surface area (Å²) < 4.78 is 0. The van der Waals surface area contributed by atoms with E-state index in [1.807, 2.05) is 4.90 Å². The van der Waals surface area contributed by atoms with Crippen molar-refractivity contribution in [2.45, 2.75) is 58.9 Å². The zero-order chi connectivity index (χ0) is 12.4. The molecule has 1 amide bonds. The summed E-state index contributed by atoms with van der Waals surface area (Å²) in [5, 5.41) is 0. The maximum Gasteiger partial charge on any atom is 0.223 e. The van der Waals surface area contributed by atoms with Crippen molar-refractivity contribution in [3.8, 4) is 0 Å². The van der Waals surface area contributed by atoms with Gasteiger partial charge in [0.1, 0.15) is 0 Å². The standard InChI is InChI=1S/C13H26N2O/c1-12(2,3)8-6-11(16)15-9-5-7-13(15,4)10-14/h5-10,14H2,1-4H3. The summed E-state index contributed by atoms with van der Waals surface area (Å²) in [6.45, 7) is 10.1. The van der Waals surface area contributed by atoms with Gasteiger partial charge in [-0.05, 0) is 31.6 Å². The average Bonchev–Trinajstić information content (AvgIpc) is 2.57. The SMILES string of the molecule is CC(C)(C)CCC(=O)N1CCCC1(C)CN. The lowest BCUT2D eigenvalue weighted by Gasteiger charge is -2.35. The Bertz CT molecular complexity index is 257. The summed E-state index contributed by atoms with van der Waals surface area (Å²) in [7, 11) is 0. The Morgan fingerprint density at radius 2 is 2.06 bits per heavy atom. The first-order valence-corrected chi connectivity index (χ1v) is 6.29. The van der Waals surface area contributed by atoms with Gasteiger partial charge in [-0.1, -0.05) is 20.8 Å². The van der Waals surface area contributed by atoms with E-state index in [-0.39, 0.29) is 16.9 Å². The summed E-state index contributed by atoms with van der Waals surface area (Å²) in [5.41, 5.74) is 5.93. The van der Waals surface area contributed by atoms with Crippen LogP contribution >= 0.6 is 0 Å². The highest BCUT2D eigenvalue weighted by Gasteiger charge is 2.38. The number of likely N-dealkylation sites (tertiary alicyclic amines) is 1. The van der Waals surface area contributed by atoms with Crippen molar-refractivity contribution in [2.24, 2.45) is 11.1 Å². The van der Waals surface area contributed by atoms with Crippen LogP contribution in [0, 0.1) is 5.41 Å². The molecule has 0 saturated carbocycles. The van der Waals surface area contributed by atoms with Gasteiger partial charge in [-0.15, -0.1) is 0 Å². The predicted octanol–water partition coefficient (Wildman–Crippen LogP) is 2.15. The predicted molar refractivity (Wildman–Crippen MR) is 67.1 cm³/mol. The molecule has 1 rings (SSSR count). The van der Waals surface area contributed by atoms with Crippen LogP contribution in [0.3, 0.4) is 0 Å². The monoisotopic (exact) mass is 226 g/mol. The van der Waals surface area contributed by atoms with Gasteiger partial charge in [0, 0.05) is 19.5 Å². The first kappa shape index (κ1) is 13.5. The van der Waals surface area contributed by atoms with Gasteiger partial charge in [0.05, 0.1) is 5.54 Å². The minimum absolute atomic E-state index is 0.0883. The summed E-state index contributed by atoms with van der Waals surface area (Å²) in [4.78, 5) is 14.1. The fourth-order valence-corrected chi connectivity index (χ4v) is 2.28. The lowest BCUT2D eigenvalue weighted by molar-refractivity contribution is -0.135. The van der Waals surface area contributed by atoms with Crippen molar-refractivity contribution in [2.75, 3.05) is 13.1 Å². The number of nitrogens with two attached hydrogens (primary N) is 1. The third-order valence-electron chi connectivity index (χ3n) is 3.58. The summed E-state index contributed by atoms with van der Waals surface area (Å²) >= 11 is 0. The summed E-state index contributed by atoms with van der Waals surface area (Å²) in [5.74, 6) is 0.278. The van der Waals surface area contributed by atoms with Crippen molar-refractivity contribution in [1.82, 2.24) is 4.90 Å². The van der Waals surface area contributed by atoms with E-state index in [0.717, 1.165) is 25.8 Å². The zero-order valence-corrected chi connectivity index (χ0v) is 11.2. The van der Waals surface area contributed by atoms with E-state index in [9.17, 15) is 4.79 Å². The van der Waals surface area contributed by atoms with Gasteiger partial charge in [0.15, 0.2) is 0 Å². The van der Waals surface area contributed by atoms with Crippen LogP contribution in [0.15, 0.2) is 0 Å². The van der Waals surface area contributed by atoms with Crippen LogP contribution in [0.4, 0.5) is 0 Å². The topological polar surface area (TPSA) is 46.3 Å². The van der Waals surface area contributed by atoms with E-state index in [2.05, 4.69) is 27.7 Å². The largest absolute Gasteiger partial charge is 0.336 e. The number of hydrogen-bond acceptors (Lipinski definition) is 2. The van der Waals surface area contributed by atoms with E-state index in [0.29, 0.717) is 13.0 Å². The second kappa shape index (κ2) is 4.74. The smallest absolute Gasteiger partial charge is 0.223 e. The number of carbonyl (C=O) groups excluding carboxylic acids is 1. The van der Waals surface area contributed by atoms with Crippen molar-refractivity contribution in [3.63, 3.8) is 0 Å². The van der Waals surface area contributed by atoms with Crippen LogP contribution in [-0.2, 0) is 4.79 Å². The zero-order valence-electron chi connectivity index (χ0n) is 11.2. The third kappa shape index (κ3) is 3.21. The molecular weight excluding hydrogens is 200 g/mol. The molecule has 0 aromatic carbocycles. The Labute approximate surface area is 99.4 Å². The molecule has 0 aromatic rings. The molecule has 1 saturated heterocycles. The van der Waals surface area contributed by atoms with Gasteiger partial charge in [0.2, 0.25) is 5.91 Å². The van der Waals surface area contributed by atoms with Crippen molar-refractivity contribution >= 4 is 5.91 Å². The summed E-state index contributed by atoms with van der Waals surface area (Å²) in [6, 6.07) is 0. The molecule has 0 aromatic heterocycles. The molecule has 1 aliphatic heterocycles. The normalized spacial score (nSPS) is 26.2. The van der Waals surface area contributed by atoms with Gasteiger partial charge in [0.25, 0.3) is 0 Å². The van der Waals surface area contributed by atoms with Crippen molar-refractivity contribution < 1.29 is 4.79 Å². The number of hydrogen-bond donors (Lipinski definition) is 1. The van der Waals surface area contributed by atoms with Crippen molar-refractivity contribution in [1.29, 1.82) is 0 Å². The number of amides is 1. The van der Waals surface area contributed by atoms with E-state index in [4.69, 9.17) is 5.73 Å². The average molecular weight is 226 g/mol. The summed E-state index contributed by atoms with van der Waals surface area (Å²) in [6.07, 6.45) is 3.74. The Morgan fingerprint density at radius 3 is 2.56 bits per heavy atom. The van der Waals surface area contributed by atoms with Gasteiger partial charge in [-0.2, -0.15) is 0 Å². The molecule has 16 heavy (non-hydrogen) atoms. The van der Waals surface area contributed by atoms with Crippen LogP contribution in [0.5, 0.6) is 0 Å². The van der Waals surface area contributed by atoms with E-state index < -0.39 is 0 Å². The van der Waals surface area contributed by atoms with Crippen LogP contribution in [0.25, 0.3) is 0 Å². The lowest BCUT2D eigenvalue weighted by atomic mass is 9.90. The number of rotatable bonds is 3. The molecule has 94 valence electrons. The van der Waals surface area contributed by atoms with Gasteiger partial charge in [-0.25, -0.2) is 0 Å². The highest BCUT2D eigenvalue weighted by Crippen LogP contribution is 2.30. The molecule has 1 unspecified atom stereocenters. The molecular formula is C13H26N2O. The van der Waals surface area contributed by atoms with E-state index in [1.54, 1.807) is 0 Å². The first-order chi connectivity index (χ1) is 7.28. The molecule has 1 fully saturated rings. The Hall–Kier alpha value is -0.570. The highest BCUT2D eigenvalue weighted by molar-refractivity contribution is 5.77. The maximum atomic E-state index is 12.1. The quantitative estimate of drug-likeness (QED) is 0.801. The molecule has 3 heteroatoms. The molecule has 0 bridgehead atoms. The minimum Gasteiger partial charge on any atom is -0.336 e. The van der Waals surface area contributed by atoms with Gasteiger partial charge in [-0.3, -0.25) is 4.79 Å². The molecule has 2 N–H and O–H groups in total. The van der Waals surface area contributed by atoms with E-state index >= 15 is 0 Å². The lowest BCUT2D eigenvalue weighted by Crippen LogP contribution is -2.50. The molecule has 1 atom stereocenters. The molecule has 3 nitrogen and oxygen atoms in total. The third-order valence-corrected chi connectivity index (χ3v) is 3.58. The van der Waals surface area contributed by atoms with Gasteiger partial charge >= 0.3 is 0 Å². The van der Waals surface area contributed by atoms with E-state index in [1.165, 1.54) is 0 Å². The Kier molecular flexibility index (Phi) is 4.00. The van der Waals surface area contributed by atoms with Crippen LogP contribution < -0.4 is 5.73 Å². The molecule has 0 radical (unpaired) electrons. The molecule has 1 heterocycles. The molecule has 0 aliphatic carbocycles. The number of nitrogens with zero attached hydrogens (tertiary/aromatic N) is 1. The Morgan fingerprint density at radius 1 is 1.44 bits per heavy atom. The van der Waals surface area contributed by atoms with Gasteiger partial charge < -0.3 is 10.6 Å². The highest BCUT2D eigenvalue weighted by atomic mass is 16.2. The minimum atomic E-state index is -0.0883. The second-order valence-electron chi connectivity index (χ2n) is 6.41. The first-order valence-electron chi connectivity index (χ1n) is 6.29. The fraction of sp³-hybridized carbons (Fsp3) is 0.923. The Balaban J connectivity index is 2.54. The fourth-order valence-electron chi connectivity index (χ4n) is 2.28. The second-order valence-corrected chi connectivity index (χ2v) is 6.41. The van der Waals surface area contributed by atoms with Crippen molar-refractivity contribution in [3.05, 3.63) is 0 Å². The van der Waals surface area contributed by atoms with Crippen LogP contribution in [0.2, 0.25) is 0 Å². The number of carbonyl (C=O) groups is 1. The maximum absolute atomic E-state index is 12.1.